The van der Waals surface area contributed by atoms with E-state index in [1.807, 2.05) is 42.5 Å². The van der Waals surface area contributed by atoms with Crippen molar-refractivity contribution in [3.05, 3.63) is 60.7 Å². The molecule has 0 aliphatic heterocycles. The topological polar surface area (TPSA) is 38.9 Å². The minimum Gasteiger partial charge on any atom is -0.415 e. The second kappa shape index (κ2) is 4.58. The van der Waals surface area contributed by atoms with Gasteiger partial charge < -0.3 is 4.42 Å². The predicted molar refractivity (Wildman–Crippen MR) is 80.6 cm³/mol. The van der Waals surface area contributed by atoms with Crippen LogP contribution in [-0.4, -0.2) is 10.2 Å². The van der Waals surface area contributed by atoms with E-state index in [9.17, 15) is 0 Å². The van der Waals surface area contributed by atoms with Crippen molar-refractivity contribution < 1.29 is 4.42 Å². The van der Waals surface area contributed by atoms with Crippen LogP contribution in [0.1, 0.15) is 0 Å². The third-order valence-electron chi connectivity index (χ3n) is 3.08. The summed E-state index contributed by atoms with van der Waals surface area (Å²) in [5.41, 5.74) is 0.937. The summed E-state index contributed by atoms with van der Waals surface area (Å²) in [7, 11) is 0. The number of hydrogen-bond donors (Lipinski definition) is 0. The monoisotopic (exact) mass is 278 g/mol. The van der Waals surface area contributed by atoms with Crippen molar-refractivity contribution >= 4 is 21.4 Å². The summed E-state index contributed by atoms with van der Waals surface area (Å²) < 4.78 is 7.00. The van der Waals surface area contributed by atoms with E-state index < -0.39 is 0 Å². The molecule has 0 saturated heterocycles. The average molecular weight is 278 g/mol. The SMILES string of the molecule is c1ccc(-c2nnc(-c3cc4ccccc4s3)o2)cc1. The normalized spacial score (nSPS) is 11.0. The van der Waals surface area contributed by atoms with Crippen molar-refractivity contribution in [2.24, 2.45) is 0 Å². The van der Waals surface area contributed by atoms with Crippen LogP contribution < -0.4 is 0 Å². The summed E-state index contributed by atoms with van der Waals surface area (Å²) in [6, 6.07) is 20.1. The van der Waals surface area contributed by atoms with E-state index in [1.165, 1.54) is 10.1 Å². The summed E-state index contributed by atoms with van der Waals surface area (Å²) in [5.74, 6) is 1.13. The van der Waals surface area contributed by atoms with Gasteiger partial charge in [-0.2, -0.15) is 0 Å². The molecule has 0 aliphatic carbocycles. The van der Waals surface area contributed by atoms with E-state index in [-0.39, 0.29) is 0 Å². The number of thiophene rings is 1. The Morgan fingerprint density at radius 3 is 2.40 bits per heavy atom. The molecule has 0 amide bonds. The van der Waals surface area contributed by atoms with Crippen molar-refractivity contribution in [2.45, 2.75) is 0 Å². The van der Waals surface area contributed by atoms with Crippen molar-refractivity contribution in [3.8, 4) is 22.2 Å². The van der Waals surface area contributed by atoms with Gasteiger partial charge in [0.2, 0.25) is 5.89 Å². The van der Waals surface area contributed by atoms with E-state index in [0.717, 1.165) is 10.4 Å². The highest BCUT2D eigenvalue weighted by Gasteiger charge is 2.12. The molecule has 0 bridgehead atoms. The van der Waals surface area contributed by atoms with Crippen molar-refractivity contribution in [1.29, 1.82) is 0 Å². The number of aromatic nitrogens is 2. The lowest BCUT2D eigenvalue weighted by molar-refractivity contribution is 0.586. The molecule has 0 unspecified atom stereocenters. The van der Waals surface area contributed by atoms with Crippen LogP contribution in [0.2, 0.25) is 0 Å². The minimum atomic E-state index is 0.554. The predicted octanol–water partition coefficient (Wildman–Crippen LogP) is 4.62. The average Bonchev–Trinajstić information content (AvgIpc) is 3.14. The number of benzene rings is 2. The standard InChI is InChI=1S/C16H10N2OS/c1-2-6-11(7-3-1)15-17-18-16(19-15)14-10-12-8-4-5-9-13(12)20-14/h1-10H. The molecule has 96 valence electrons. The zero-order valence-electron chi connectivity index (χ0n) is 10.5. The van der Waals surface area contributed by atoms with Gasteiger partial charge in [-0.05, 0) is 29.7 Å². The number of hydrogen-bond acceptors (Lipinski definition) is 4. The van der Waals surface area contributed by atoms with E-state index >= 15 is 0 Å². The Labute approximate surface area is 119 Å². The van der Waals surface area contributed by atoms with E-state index in [1.54, 1.807) is 11.3 Å². The largest absolute Gasteiger partial charge is 0.415 e. The molecule has 4 aromatic rings. The van der Waals surface area contributed by atoms with Gasteiger partial charge in [0.1, 0.15) is 0 Å². The lowest BCUT2D eigenvalue weighted by Gasteiger charge is -1.91. The molecule has 2 heterocycles. The Morgan fingerprint density at radius 1 is 0.800 bits per heavy atom. The van der Waals surface area contributed by atoms with Crippen LogP contribution in [-0.2, 0) is 0 Å². The highest BCUT2D eigenvalue weighted by atomic mass is 32.1. The van der Waals surface area contributed by atoms with Crippen LogP contribution in [0.4, 0.5) is 0 Å². The second-order valence-corrected chi connectivity index (χ2v) is 5.51. The fraction of sp³-hybridized carbons (Fsp3) is 0. The first-order valence-electron chi connectivity index (χ1n) is 6.28. The van der Waals surface area contributed by atoms with Crippen LogP contribution in [0, 0.1) is 0 Å². The van der Waals surface area contributed by atoms with Crippen LogP contribution in [0.15, 0.2) is 65.1 Å². The fourth-order valence-corrected chi connectivity index (χ4v) is 3.09. The lowest BCUT2D eigenvalue weighted by atomic mass is 10.2. The summed E-state index contributed by atoms with van der Waals surface area (Å²) in [5, 5.41) is 9.48. The van der Waals surface area contributed by atoms with Gasteiger partial charge in [0.15, 0.2) is 0 Å². The molecule has 0 aliphatic rings. The Kier molecular flexibility index (Phi) is 2.60. The summed E-state index contributed by atoms with van der Waals surface area (Å²) in [4.78, 5) is 1.00. The van der Waals surface area contributed by atoms with Gasteiger partial charge in [-0.3, -0.25) is 0 Å². The molecule has 3 nitrogen and oxygen atoms in total. The maximum Gasteiger partial charge on any atom is 0.258 e. The summed E-state index contributed by atoms with van der Waals surface area (Å²) in [6.45, 7) is 0. The quantitative estimate of drug-likeness (QED) is 0.537. The molecule has 2 aromatic carbocycles. The molecule has 0 radical (unpaired) electrons. The van der Waals surface area contributed by atoms with Gasteiger partial charge in [-0.15, -0.1) is 21.5 Å². The minimum absolute atomic E-state index is 0.554. The Bertz CT molecular complexity index is 831. The molecular formula is C16H10N2OS. The van der Waals surface area contributed by atoms with Crippen LogP contribution in [0.3, 0.4) is 0 Å². The zero-order valence-corrected chi connectivity index (χ0v) is 11.3. The first kappa shape index (κ1) is 11.4. The maximum atomic E-state index is 5.77. The van der Waals surface area contributed by atoms with E-state index in [2.05, 4.69) is 28.4 Å². The molecular weight excluding hydrogens is 268 g/mol. The third-order valence-corrected chi connectivity index (χ3v) is 4.19. The van der Waals surface area contributed by atoms with Crippen molar-refractivity contribution in [2.75, 3.05) is 0 Å². The first-order valence-corrected chi connectivity index (χ1v) is 7.10. The molecule has 0 fully saturated rings. The van der Waals surface area contributed by atoms with Gasteiger partial charge in [0.25, 0.3) is 5.89 Å². The maximum absolute atomic E-state index is 5.77. The summed E-state index contributed by atoms with van der Waals surface area (Å²) in [6.07, 6.45) is 0. The Morgan fingerprint density at radius 2 is 1.55 bits per heavy atom. The van der Waals surface area contributed by atoms with Gasteiger partial charge >= 0.3 is 0 Å². The highest BCUT2D eigenvalue weighted by molar-refractivity contribution is 7.22. The van der Waals surface area contributed by atoms with E-state index in [4.69, 9.17) is 4.42 Å². The lowest BCUT2D eigenvalue weighted by Crippen LogP contribution is -1.75. The first-order chi connectivity index (χ1) is 9.90. The fourth-order valence-electron chi connectivity index (χ4n) is 2.11. The molecule has 4 heteroatoms. The Balaban J connectivity index is 1.78. The van der Waals surface area contributed by atoms with Gasteiger partial charge in [-0.1, -0.05) is 36.4 Å². The number of fused-ring (bicyclic) bond motifs is 1. The zero-order chi connectivity index (χ0) is 13.4. The smallest absolute Gasteiger partial charge is 0.258 e. The van der Waals surface area contributed by atoms with Gasteiger partial charge in [-0.25, -0.2) is 0 Å². The third kappa shape index (κ3) is 1.90. The van der Waals surface area contributed by atoms with Gasteiger partial charge in [0, 0.05) is 10.3 Å². The second-order valence-electron chi connectivity index (χ2n) is 4.43. The van der Waals surface area contributed by atoms with Crippen molar-refractivity contribution in [1.82, 2.24) is 10.2 Å². The van der Waals surface area contributed by atoms with Crippen LogP contribution in [0.5, 0.6) is 0 Å². The van der Waals surface area contributed by atoms with Crippen LogP contribution in [0.25, 0.3) is 32.3 Å². The Hall–Kier alpha value is -2.46. The number of rotatable bonds is 2. The molecule has 4 rings (SSSR count). The number of nitrogens with zero attached hydrogens (tertiary/aromatic N) is 2. The van der Waals surface area contributed by atoms with Crippen molar-refractivity contribution in [3.63, 3.8) is 0 Å². The molecule has 0 N–H and O–H groups in total. The molecule has 0 atom stereocenters. The van der Waals surface area contributed by atoms with E-state index in [0.29, 0.717) is 11.8 Å². The summed E-state index contributed by atoms with van der Waals surface area (Å²) >= 11 is 1.66. The highest BCUT2D eigenvalue weighted by Crippen LogP contribution is 2.33. The molecule has 2 aromatic heterocycles. The van der Waals surface area contributed by atoms with Crippen LogP contribution >= 0.6 is 11.3 Å². The molecule has 0 spiro atoms. The van der Waals surface area contributed by atoms with Gasteiger partial charge in [0.05, 0.1) is 4.88 Å². The molecule has 0 saturated carbocycles. The molecule has 20 heavy (non-hydrogen) atoms.